The van der Waals surface area contributed by atoms with E-state index in [1.54, 1.807) is 0 Å². The summed E-state index contributed by atoms with van der Waals surface area (Å²) < 4.78 is 10.9. The normalized spacial score (nSPS) is 10.6. The maximum absolute atomic E-state index is 12.1. The number of benzene rings is 1. The van der Waals surface area contributed by atoms with Crippen LogP contribution in [0, 0.1) is 0 Å². The number of anilines is 1. The maximum Gasteiger partial charge on any atom is 0.226 e. The topological polar surface area (TPSA) is 59.6 Å². The first-order chi connectivity index (χ1) is 15.2. The van der Waals surface area contributed by atoms with Crippen molar-refractivity contribution < 1.29 is 14.3 Å². The molecule has 0 spiro atoms. The lowest BCUT2D eigenvalue weighted by atomic mass is 10.1. The average Bonchev–Trinajstić information content (AvgIpc) is 2.75. The fraction of sp³-hybridized carbons (Fsp3) is 0.680. The maximum atomic E-state index is 12.1. The molecule has 1 amide bonds. The van der Waals surface area contributed by atoms with Gasteiger partial charge in [0.1, 0.15) is 12.4 Å². The Hall–Kier alpha value is -1.66. The molecule has 0 atom stereocenters. The first-order valence-electron chi connectivity index (χ1n) is 12.1. The zero-order valence-corrected chi connectivity index (χ0v) is 20.4. The molecule has 1 aromatic carbocycles. The van der Waals surface area contributed by atoms with Crippen molar-refractivity contribution in [1.82, 2.24) is 5.32 Å². The number of unbranched alkanes of at least 4 members (excludes halogenated alkanes) is 10. The van der Waals surface area contributed by atoms with E-state index in [4.69, 9.17) is 21.7 Å². The van der Waals surface area contributed by atoms with Crippen LogP contribution in [0.15, 0.2) is 24.3 Å². The molecule has 0 saturated heterocycles. The van der Waals surface area contributed by atoms with Gasteiger partial charge in [0, 0.05) is 24.8 Å². The third kappa shape index (κ3) is 15.7. The van der Waals surface area contributed by atoms with Crippen molar-refractivity contribution >= 4 is 28.9 Å². The van der Waals surface area contributed by atoms with Gasteiger partial charge in [-0.25, -0.2) is 0 Å². The minimum Gasteiger partial charge on any atom is -0.491 e. The fourth-order valence-corrected chi connectivity index (χ4v) is 3.56. The van der Waals surface area contributed by atoms with E-state index >= 15 is 0 Å². The van der Waals surface area contributed by atoms with Crippen LogP contribution < -0.4 is 15.4 Å². The number of carbonyl (C=O) groups excluding carboxylic acids is 1. The van der Waals surface area contributed by atoms with Gasteiger partial charge in [0.15, 0.2) is 5.11 Å². The van der Waals surface area contributed by atoms with Gasteiger partial charge in [0.2, 0.25) is 5.91 Å². The van der Waals surface area contributed by atoms with Crippen LogP contribution in [0.3, 0.4) is 0 Å². The average molecular weight is 451 g/mol. The summed E-state index contributed by atoms with van der Waals surface area (Å²) in [5.41, 5.74) is 0.786. The van der Waals surface area contributed by atoms with Crippen molar-refractivity contribution in [3.05, 3.63) is 24.3 Å². The molecule has 0 fully saturated rings. The Kier molecular flexibility index (Phi) is 16.8. The van der Waals surface area contributed by atoms with Crippen molar-refractivity contribution in [3.8, 4) is 5.75 Å². The molecule has 1 aromatic rings. The highest BCUT2D eigenvalue weighted by Gasteiger charge is 2.06. The Morgan fingerprint density at radius 1 is 0.903 bits per heavy atom. The van der Waals surface area contributed by atoms with Gasteiger partial charge >= 0.3 is 0 Å². The Morgan fingerprint density at radius 2 is 1.55 bits per heavy atom. The molecule has 1 rings (SSSR count). The minimum absolute atomic E-state index is 0.0301. The van der Waals surface area contributed by atoms with Gasteiger partial charge in [-0.05, 0) is 37.7 Å². The highest BCUT2D eigenvalue weighted by molar-refractivity contribution is 7.80. The zero-order chi connectivity index (χ0) is 22.6. The molecule has 0 bridgehead atoms. The smallest absolute Gasteiger partial charge is 0.226 e. The molecule has 0 saturated carbocycles. The lowest BCUT2D eigenvalue weighted by Gasteiger charge is -2.11. The van der Waals surface area contributed by atoms with Gasteiger partial charge in [-0.2, -0.15) is 0 Å². The van der Waals surface area contributed by atoms with Crippen molar-refractivity contribution in [2.45, 2.75) is 90.9 Å². The highest BCUT2D eigenvalue weighted by atomic mass is 32.1. The number of rotatable bonds is 18. The number of hydrogen-bond acceptors (Lipinski definition) is 4. The number of amides is 1. The molecule has 2 N–H and O–H groups in total. The molecule has 0 radical (unpaired) electrons. The molecule has 0 aliphatic rings. The number of carbonyl (C=O) groups is 1. The number of nitrogens with one attached hydrogen (secondary N) is 2. The predicted molar refractivity (Wildman–Crippen MR) is 134 cm³/mol. The highest BCUT2D eigenvalue weighted by Crippen LogP contribution is 2.17. The summed E-state index contributed by atoms with van der Waals surface area (Å²) in [5, 5.41) is 6.13. The van der Waals surface area contributed by atoms with E-state index in [1.165, 1.54) is 57.8 Å². The van der Waals surface area contributed by atoms with Crippen LogP contribution in [0.25, 0.3) is 0 Å². The summed E-state index contributed by atoms with van der Waals surface area (Å²) in [6.45, 7) is 5.94. The molecule has 31 heavy (non-hydrogen) atoms. The second kappa shape index (κ2) is 19.1. The summed E-state index contributed by atoms with van der Waals surface area (Å²) >= 11 is 5.26. The molecular formula is C25H42N2O3S. The van der Waals surface area contributed by atoms with E-state index in [0.717, 1.165) is 24.3 Å². The number of thiocarbonyl (C=S) groups is 1. The van der Waals surface area contributed by atoms with Gasteiger partial charge < -0.3 is 20.1 Å². The number of ether oxygens (including phenoxy) is 2. The predicted octanol–water partition coefficient (Wildman–Crippen LogP) is 6.62. The second-order valence-corrected chi connectivity index (χ2v) is 8.27. The van der Waals surface area contributed by atoms with E-state index < -0.39 is 0 Å². The van der Waals surface area contributed by atoms with Crippen molar-refractivity contribution in [3.63, 3.8) is 0 Å². The van der Waals surface area contributed by atoms with E-state index in [1.807, 2.05) is 31.2 Å². The SMILES string of the molecule is CCCCCCCCCCCCCC(=O)NC(=S)Nc1cccc(OCCOCC)c1. The van der Waals surface area contributed by atoms with Crippen LogP contribution in [0.4, 0.5) is 5.69 Å². The van der Waals surface area contributed by atoms with Gasteiger partial charge in [0.05, 0.1) is 6.61 Å². The van der Waals surface area contributed by atoms with Gasteiger partial charge in [-0.1, -0.05) is 77.2 Å². The summed E-state index contributed by atoms with van der Waals surface area (Å²) in [6.07, 6.45) is 14.5. The lowest BCUT2D eigenvalue weighted by Crippen LogP contribution is -2.33. The van der Waals surface area contributed by atoms with Crippen LogP contribution in [0.1, 0.15) is 90.9 Å². The Balaban J connectivity index is 2.08. The quantitative estimate of drug-likeness (QED) is 0.194. The van der Waals surface area contributed by atoms with Crippen molar-refractivity contribution in [2.24, 2.45) is 0 Å². The number of hydrogen-bond donors (Lipinski definition) is 2. The summed E-state index contributed by atoms with van der Waals surface area (Å²) in [5.74, 6) is 0.706. The largest absolute Gasteiger partial charge is 0.491 e. The first-order valence-corrected chi connectivity index (χ1v) is 12.5. The summed E-state index contributed by atoms with van der Waals surface area (Å²) in [4.78, 5) is 12.1. The molecule has 0 aliphatic carbocycles. The summed E-state index contributed by atoms with van der Waals surface area (Å²) in [7, 11) is 0. The van der Waals surface area contributed by atoms with Crippen molar-refractivity contribution in [1.29, 1.82) is 0 Å². The van der Waals surface area contributed by atoms with Gasteiger partial charge in [-0.3, -0.25) is 4.79 Å². The van der Waals surface area contributed by atoms with Crippen LogP contribution in [0.5, 0.6) is 5.75 Å². The van der Waals surface area contributed by atoms with Crippen molar-refractivity contribution in [2.75, 3.05) is 25.1 Å². The van der Waals surface area contributed by atoms with Crippen LogP contribution in [0.2, 0.25) is 0 Å². The Morgan fingerprint density at radius 3 is 2.19 bits per heavy atom. The van der Waals surface area contributed by atoms with Gasteiger partial charge in [-0.15, -0.1) is 0 Å². The fourth-order valence-electron chi connectivity index (χ4n) is 3.33. The molecule has 5 nitrogen and oxygen atoms in total. The Labute approximate surface area is 194 Å². The van der Waals surface area contributed by atoms with E-state index in [-0.39, 0.29) is 5.91 Å². The first kappa shape index (κ1) is 27.4. The standard InChI is InChI=1S/C25H42N2O3S/c1-3-5-6-7-8-9-10-11-12-13-14-18-24(28)27-25(31)26-22-16-15-17-23(21-22)30-20-19-29-4-2/h15-17,21H,3-14,18-20H2,1-2H3,(H2,26,27,28,31). The second-order valence-electron chi connectivity index (χ2n) is 7.86. The molecule has 0 unspecified atom stereocenters. The Bertz CT molecular complexity index is 610. The van der Waals surface area contributed by atoms with Crippen LogP contribution in [-0.2, 0) is 9.53 Å². The van der Waals surface area contributed by atoms with E-state index in [0.29, 0.717) is 31.4 Å². The minimum atomic E-state index is -0.0301. The van der Waals surface area contributed by atoms with Crippen LogP contribution >= 0.6 is 12.2 Å². The lowest BCUT2D eigenvalue weighted by molar-refractivity contribution is -0.119. The van der Waals surface area contributed by atoms with Gasteiger partial charge in [0.25, 0.3) is 0 Å². The monoisotopic (exact) mass is 450 g/mol. The molecule has 6 heteroatoms. The summed E-state index contributed by atoms with van der Waals surface area (Å²) in [6, 6.07) is 7.51. The molecule has 0 aromatic heterocycles. The zero-order valence-electron chi connectivity index (χ0n) is 19.5. The van der Waals surface area contributed by atoms with Crippen LogP contribution in [-0.4, -0.2) is 30.8 Å². The molecule has 176 valence electrons. The molecular weight excluding hydrogens is 408 g/mol. The van der Waals surface area contributed by atoms with E-state index in [2.05, 4.69) is 17.6 Å². The third-order valence-electron chi connectivity index (χ3n) is 5.05. The third-order valence-corrected chi connectivity index (χ3v) is 5.26. The van der Waals surface area contributed by atoms with E-state index in [9.17, 15) is 4.79 Å². The molecule has 0 heterocycles. The molecule has 0 aliphatic heterocycles.